The molecule has 4 rings (SSSR count). The Morgan fingerprint density at radius 3 is 2.96 bits per heavy atom. The lowest BCUT2D eigenvalue weighted by molar-refractivity contribution is -0.122. The van der Waals surface area contributed by atoms with Gasteiger partial charge in [0.15, 0.2) is 6.10 Å². The summed E-state index contributed by atoms with van der Waals surface area (Å²) < 4.78 is 5.52. The van der Waals surface area contributed by atoms with Gasteiger partial charge in [-0.25, -0.2) is 4.98 Å². The van der Waals surface area contributed by atoms with Gasteiger partial charge in [-0.15, -0.1) is 11.8 Å². The number of benzene rings is 2. The molecule has 2 heterocycles. The van der Waals surface area contributed by atoms with E-state index in [0.717, 1.165) is 16.9 Å². The van der Waals surface area contributed by atoms with Crippen molar-refractivity contribution in [2.24, 2.45) is 0 Å². The Morgan fingerprint density at radius 1 is 1.32 bits per heavy atom. The molecule has 28 heavy (non-hydrogen) atoms. The lowest BCUT2D eigenvalue weighted by Gasteiger charge is -2.23. The van der Waals surface area contributed by atoms with E-state index in [1.165, 1.54) is 11.8 Å². The molecule has 0 saturated heterocycles. The Labute approximate surface area is 166 Å². The van der Waals surface area contributed by atoms with Crippen molar-refractivity contribution in [3.05, 3.63) is 48.3 Å². The second-order valence-electron chi connectivity index (χ2n) is 6.60. The molecule has 2 amide bonds. The summed E-state index contributed by atoms with van der Waals surface area (Å²) in [4.78, 5) is 31.9. The molecular weight excluding hydrogens is 376 g/mol. The fourth-order valence-electron chi connectivity index (χ4n) is 2.93. The number of H-pyrrole nitrogens is 1. The molecule has 0 fully saturated rings. The molecule has 8 heteroatoms. The van der Waals surface area contributed by atoms with Gasteiger partial charge in [-0.05, 0) is 44.2 Å². The van der Waals surface area contributed by atoms with E-state index < -0.39 is 6.10 Å². The third kappa shape index (κ3) is 3.82. The molecule has 3 N–H and O–H groups in total. The molecular formula is C20H20N4O3S. The normalized spacial score (nSPS) is 16.8. The second kappa shape index (κ2) is 7.55. The van der Waals surface area contributed by atoms with Gasteiger partial charge >= 0.3 is 0 Å². The van der Waals surface area contributed by atoms with Crippen molar-refractivity contribution in [2.45, 2.75) is 25.2 Å². The minimum absolute atomic E-state index is 0.0517. The highest BCUT2D eigenvalue weighted by Gasteiger charge is 2.23. The maximum Gasteiger partial charge on any atom is 0.265 e. The molecule has 0 aliphatic carbocycles. The van der Waals surface area contributed by atoms with Crippen molar-refractivity contribution < 1.29 is 14.3 Å². The molecule has 3 aromatic rings. The van der Waals surface area contributed by atoms with Crippen LogP contribution in [0, 0.1) is 0 Å². The highest BCUT2D eigenvalue weighted by Crippen LogP contribution is 2.32. The number of nitrogens with zero attached hydrogens (tertiary/aromatic N) is 1. The van der Waals surface area contributed by atoms with E-state index in [4.69, 9.17) is 4.74 Å². The maximum atomic E-state index is 12.3. The number of thioether (sulfide) groups is 1. The summed E-state index contributed by atoms with van der Waals surface area (Å²) in [6.45, 7) is 3.71. The van der Waals surface area contributed by atoms with Crippen molar-refractivity contribution >= 4 is 46.0 Å². The predicted octanol–water partition coefficient (Wildman–Crippen LogP) is 3.72. The van der Waals surface area contributed by atoms with Crippen LogP contribution < -0.4 is 15.4 Å². The van der Waals surface area contributed by atoms with Gasteiger partial charge < -0.3 is 20.4 Å². The average Bonchev–Trinajstić information content (AvgIpc) is 3.11. The zero-order valence-electron chi connectivity index (χ0n) is 15.5. The van der Waals surface area contributed by atoms with Crippen molar-refractivity contribution in [1.82, 2.24) is 9.97 Å². The van der Waals surface area contributed by atoms with E-state index in [0.29, 0.717) is 17.1 Å². The van der Waals surface area contributed by atoms with Crippen LogP contribution in [0.1, 0.15) is 24.9 Å². The van der Waals surface area contributed by atoms with Gasteiger partial charge in [-0.3, -0.25) is 9.59 Å². The minimum Gasteiger partial charge on any atom is -0.479 e. The SMILES string of the molecule is C[C@H](SCC(=O)Nc1ccc2c(c1)NC(=O)[C@@H](C)O2)c1nc2ccccc2[nH]1. The van der Waals surface area contributed by atoms with Crippen LogP contribution in [0.25, 0.3) is 11.0 Å². The summed E-state index contributed by atoms with van der Waals surface area (Å²) in [5, 5.41) is 5.68. The molecule has 7 nitrogen and oxygen atoms in total. The van der Waals surface area contributed by atoms with Crippen LogP contribution in [-0.4, -0.2) is 33.6 Å². The minimum atomic E-state index is -0.524. The Bertz CT molecular complexity index is 1020. The van der Waals surface area contributed by atoms with Crippen molar-refractivity contribution in [1.29, 1.82) is 0 Å². The molecule has 0 saturated carbocycles. The summed E-state index contributed by atoms with van der Waals surface area (Å²) in [5.41, 5.74) is 3.08. The number of carbonyl (C=O) groups excluding carboxylic acids is 2. The van der Waals surface area contributed by atoms with Crippen LogP contribution in [0.3, 0.4) is 0 Å². The van der Waals surface area contributed by atoms with E-state index >= 15 is 0 Å². The van der Waals surface area contributed by atoms with Gasteiger partial charge in [0, 0.05) is 5.69 Å². The molecule has 1 aliphatic rings. The summed E-state index contributed by atoms with van der Waals surface area (Å²) in [7, 11) is 0. The summed E-state index contributed by atoms with van der Waals surface area (Å²) in [5.74, 6) is 1.41. The van der Waals surface area contributed by atoms with E-state index in [1.807, 2.05) is 31.2 Å². The van der Waals surface area contributed by atoms with Crippen LogP contribution in [-0.2, 0) is 9.59 Å². The number of aromatic nitrogens is 2. The molecule has 1 aromatic heterocycles. The molecule has 2 aromatic carbocycles. The van der Waals surface area contributed by atoms with Gasteiger partial charge in [0.1, 0.15) is 11.6 Å². The lowest BCUT2D eigenvalue weighted by atomic mass is 10.2. The quantitative estimate of drug-likeness (QED) is 0.611. The van der Waals surface area contributed by atoms with Crippen molar-refractivity contribution in [3.63, 3.8) is 0 Å². The van der Waals surface area contributed by atoms with E-state index in [1.54, 1.807) is 25.1 Å². The Kier molecular flexibility index (Phi) is 4.95. The Hall–Kier alpha value is -3.00. The topological polar surface area (TPSA) is 96.1 Å². The molecule has 2 atom stereocenters. The van der Waals surface area contributed by atoms with Gasteiger partial charge in [0.2, 0.25) is 5.91 Å². The smallest absolute Gasteiger partial charge is 0.265 e. The maximum absolute atomic E-state index is 12.3. The number of hydrogen-bond acceptors (Lipinski definition) is 5. The van der Waals surface area contributed by atoms with Crippen LogP contribution in [0.5, 0.6) is 5.75 Å². The monoisotopic (exact) mass is 396 g/mol. The number of hydrogen-bond donors (Lipinski definition) is 3. The Balaban J connectivity index is 1.35. The fraction of sp³-hybridized carbons (Fsp3) is 0.250. The van der Waals surface area contributed by atoms with Gasteiger partial charge in [0.05, 0.1) is 27.7 Å². The standard InChI is InChI=1S/C20H20N4O3S/c1-11-20(26)24-16-9-13(7-8-17(16)27-11)21-18(25)10-28-12(2)19-22-14-5-3-4-6-15(14)23-19/h3-9,11-12H,10H2,1-2H3,(H,21,25)(H,22,23)(H,24,26)/t11-,12+/m1/s1. The van der Waals surface area contributed by atoms with E-state index in [9.17, 15) is 9.59 Å². The number of fused-ring (bicyclic) bond motifs is 2. The van der Waals surface area contributed by atoms with Crippen LogP contribution in [0.4, 0.5) is 11.4 Å². The van der Waals surface area contributed by atoms with Crippen LogP contribution in [0.2, 0.25) is 0 Å². The van der Waals surface area contributed by atoms with Gasteiger partial charge in [-0.1, -0.05) is 12.1 Å². The zero-order valence-corrected chi connectivity index (χ0v) is 16.3. The first-order chi connectivity index (χ1) is 13.5. The molecule has 1 aliphatic heterocycles. The number of para-hydroxylation sites is 2. The number of anilines is 2. The van der Waals surface area contributed by atoms with Crippen molar-refractivity contribution in [2.75, 3.05) is 16.4 Å². The zero-order chi connectivity index (χ0) is 19.7. The number of rotatable bonds is 5. The average molecular weight is 396 g/mol. The van der Waals surface area contributed by atoms with E-state index in [2.05, 4.69) is 20.6 Å². The van der Waals surface area contributed by atoms with Crippen molar-refractivity contribution in [3.8, 4) is 5.75 Å². The first-order valence-corrected chi connectivity index (χ1v) is 10.0. The predicted molar refractivity (Wildman–Crippen MR) is 111 cm³/mol. The van der Waals surface area contributed by atoms with E-state index in [-0.39, 0.29) is 22.8 Å². The largest absolute Gasteiger partial charge is 0.479 e. The summed E-state index contributed by atoms with van der Waals surface area (Å²) >= 11 is 1.50. The number of aromatic amines is 1. The van der Waals surface area contributed by atoms with Crippen LogP contribution in [0.15, 0.2) is 42.5 Å². The third-order valence-electron chi connectivity index (χ3n) is 4.45. The summed E-state index contributed by atoms with van der Waals surface area (Å²) in [6.07, 6.45) is -0.524. The molecule has 0 spiro atoms. The number of imidazole rings is 1. The van der Waals surface area contributed by atoms with Crippen LogP contribution >= 0.6 is 11.8 Å². The highest BCUT2D eigenvalue weighted by molar-refractivity contribution is 8.00. The van der Waals surface area contributed by atoms with Gasteiger partial charge in [-0.2, -0.15) is 0 Å². The first-order valence-electron chi connectivity index (χ1n) is 8.97. The number of amides is 2. The van der Waals surface area contributed by atoms with Gasteiger partial charge in [0.25, 0.3) is 5.91 Å². The number of carbonyl (C=O) groups is 2. The lowest BCUT2D eigenvalue weighted by Crippen LogP contribution is -2.34. The number of ether oxygens (including phenoxy) is 1. The first kappa shape index (κ1) is 18.4. The highest BCUT2D eigenvalue weighted by atomic mass is 32.2. The second-order valence-corrected chi connectivity index (χ2v) is 7.93. The fourth-order valence-corrected chi connectivity index (χ4v) is 3.67. The third-order valence-corrected chi connectivity index (χ3v) is 5.60. The molecule has 144 valence electrons. The molecule has 0 bridgehead atoms. The molecule has 0 unspecified atom stereocenters. The number of nitrogens with one attached hydrogen (secondary N) is 3. The summed E-state index contributed by atoms with van der Waals surface area (Å²) in [6, 6.07) is 13.0. The molecule has 0 radical (unpaired) electrons. The Morgan fingerprint density at radius 2 is 2.14 bits per heavy atom.